The number of rotatable bonds is 4. The summed E-state index contributed by atoms with van der Waals surface area (Å²) in [4.78, 5) is 12.2. The van der Waals surface area contributed by atoms with Crippen molar-refractivity contribution in [2.45, 2.75) is 19.9 Å². The Hall–Kier alpha value is -1.88. The van der Waals surface area contributed by atoms with Crippen LogP contribution in [0.25, 0.3) is 0 Å². The molecule has 1 unspecified atom stereocenters. The molecule has 0 aromatic carbocycles. The van der Waals surface area contributed by atoms with E-state index in [1.165, 1.54) is 6.20 Å². The van der Waals surface area contributed by atoms with Crippen LogP contribution < -0.4 is 5.32 Å². The molecule has 5 heteroatoms. The van der Waals surface area contributed by atoms with Crippen LogP contribution in [0.1, 0.15) is 30.0 Å². The van der Waals surface area contributed by atoms with Crippen LogP contribution in [0.15, 0.2) is 30.7 Å². The third-order valence-corrected chi connectivity index (χ3v) is 2.62. The first kappa shape index (κ1) is 12.6. The molecular weight excluding hydrogens is 231 g/mol. The summed E-state index contributed by atoms with van der Waals surface area (Å²) in [7, 11) is 0. The van der Waals surface area contributed by atoms with Crippen molar-refractivity contribution >= 4 is 0 Å². The first-order chi connectivity index (χ1) is 8.72. The van der Waals surface area contributed by atoms with E-state index >= 15 is 0 Å². The maximum Gasteiger partial charge on any atom is 0.146 e. The largest absolute Gasteiger partial charge is 0.305 e. The topological polar surface area (TPSA) is 50.7 Å². The number of hydrogen-bond donors (Lipinski definition) is 1. The van der Waals surface area contributed by atoms with E-state index in [-0.39, 0.29) is 11.9 Å². The van der Waals surface area contributed by atoms with E-state index in [0.29, 0.717) is 11.4 Å². The highest BCUT2D eigenvalue weighted by molar-refractivity contribution is 5.26. The molecule has 0 radical (unpaired) electrons. The summed E-state index contributed by atoms with van der Waals surface area (Å²) in [6.45, 7) is 4.50. The van der Waals surface area contributed by atoms with Crippen molar-refractivity contribution in [3.05, 3.63) is 53.6 Å². The molecule has 94 valence electrons. The molecule has 0 amide bonds. The van der Waals surface area contributed by atoms with Crippen molar-refractivity contribution in [3.63, 3.8) is 0 Å². The highest BCUT2D eigenvalue weighted by Gasteiger charge is 2.18. The molecule has 2 aromatic heterocycles. The maximum atomic E-state index is 13.8. The SMILES string of the molecule is CCNC(c1ccnc(C)n1)c1ccncc1F. The summed E-state index contributed by atoms with van der Waals surface area (Å²) in [5, 5.41) is 3.23. The molecule has 0 aliphatic heterocycles. The molecule has 0 spiro atoms. The predicted octanol–water partition coefficient (Wildman–Crippen LogP) is 2.02. The fraction of sp³-hybridized carbons (Fsp3) is 0.308. The number of halogens is 1. The van der Waals surface area contributed by atoms with Crippen LogP contribution in [0.3, 0.4) is 0 Å². The molecule has 18 heavy (non-hydrogen) atoms. The van der Waals surface area contributed by atoms with Crippen LogP contribution in [0, 0.1) is 12.7 Å². The van der Waals surface area contributed by atoms with E-state index in [1.807, 2.05) is 13.8 Å². The van der Waals surface area contributed by atoms with Gasteiger partial charge in [0.25, 0.3) is 0 Å². The molecule has 4 nitrogen and oxygen atoms in total. The number of aryl methyl sites for hydroxylation is 1. The van der Waals surface area contributed by atoms with Gasteiger partial charge in [-0.15, -0.1) is 0 Å². The summed E-state index contributed by atoms with van der Waals surface area (Å²) >= 11 is 0. The molecule has 2 rings (SSSR count). The lowest BCUT2D eigenvalue weighted by Gasteiger charge is -2.18. The number of aromatic nitrogens is 3. The molecule has 0 saturated heterocycles. The first-order valence-electron chi connectivity index (χ1n) is 5.84. The number of nitrogens with zero attached hydrogens (tertiary/aromatic N) is 3. The quantitative estimate of drug-likeness (QED) is 0.896. The van der Waals surface area contributed by atoms with Gasteiger partial charge in [0.05, 0.1) is 17.9 Å². The lowest BCUT2D eigenvalue weighted by atomic mass is 10.0. The van der Waals surface area contributed by atoms with Crippen molar-refractivity contribution < 1.29 is 4.39 Å². The Kier molecular flexibility index (Phi) is 3.94. The highest BCUT2D eigenvalue weighted by atomic mass is 19.1. The van der Waals surface area contributed by atoms with Gasteiger partial charge in [0.1, 0.15) is 11.6 Å². The van der Waals surface area contributed by atoms with Crippen molar-refractivity contribution in [2.75, 3.05) is 6.54 Å². The normalized spacial score (nSPS) is 12.4. The minimum Gasteiger partial charge on any atom is -0.305 e. The monoisotopic (exact) mass is 246 g/mol. The Balaban J connectivity index is 2.43. The zero-order valence-corrected chi connectivity index (χ0v) is 10.4. The molecule has 1 N–H and O–H groups in total. The van der Waals surface area contributed by atoms with Gasteiger partial charge >= 0.3 is 0 Å². The average molecular weight is 246 g/mol. The third-order valence-electron chi connectivity index (χ3n) is 2.62. The minimum absolute atomic E-state index is 0.278. The van der Waals surface area contributed by atoms with Crippen LogP contribution in [0.4, 0.5) is 4.39 Å². The first-order valence-corrected chi connectivity index (χ1v) is 5.84. The number of nitrogens with one attached hydrogen (secondary N) is 1. The van der Waals surface area contributed by atoms with Gasteiger partial charge in [0.2, 0.25) is 0 Å². The lowest BCUT2D eigenvalue weighted by molar-refractivity contribution is 0.546. The Morgan fingerprint density at radius 3 is 2.83 bits per heavy atom. The van der Waals surface area contributed by atoms with Crippen LogP contribution in [0.2, 0.25) is 0 Å². The Morgan fingerprint density at radius 1 is 1.33 bits per heavy atom. The van der Waals surface area contributed by atoms with Crippen LogP contribution >= 0.6 is 0 Å². The fourth-order valence-electron chi connectivity index (χ4n) is 1.83. The zero-order valence-electron chi connectivity index (χ0n) is 10.4. The van der Waals surface area contributed by atoms with Crippen LogP contribution in [0.5, 0.6) is 0 Å². The van der Waals surface area contributed by atoms with E-state index in [4.69, 9.17) is 0 Å². The molecule has 2 aromatic rings. The van der Waals surface area contributed by atoms with E-state index < -0.39 is 0 Å². The second-order valence-corrected chi connectivity index (χ2v) is 3.92. The minimum atomic E-state index is -0.334. The van der Waals surface area contributed by atoms with Crippen LogP contribution in [-0.2, 0) is 0 Å². The van der Waals surface area contributed by atoms with Gasteiger partial charge in [-0.05, 0) is 25.6 Å². The van der Waals surface area contributed by atoms with Crippen LogP contribution in [-0.4, -0.2) is 21.5 Å². The van der Waals surface area contributed by atoms with E-state index in [2.05, 4.69) is 20.3 Å². The molecule has 0 saturated carbocycles. The van der Waals surface area contributed by atoms with Crippen molar-refractivity contribution in [3.8, 4) is 0 Å². The van der Waals surface area contributed by atoms with Gasteiger partial charge < -0.3 is 5.32 Å². The van der Waals surface area contributed by atoms with Gasteiger partial charge in [0, 0.05) is 18.0 Å². The molecular formula is C13H15FN4. The van der Waals surface area contributed by atoms with Gasteiger partial charge in [-0.1, -0.05) is 6.92 Å². The third kappa shape index (κ3) is 2.68. The predicted molar refractivity (Wildman–Crippen MR) is 66.5 cm³/mol. The Bertz CT molecular complexity index is 530. The van der Waals surface area contributed by atoms with Crippen molar-refractivity contribution in [1.29, 1.82) is 0 Å². The second-order valence-electron chi connectivity index (χ2n) is 3.92. The molecule has 1 atom stereocenters. The Labute approximate surface area is 105 Å². The standard InChI is InChI=1S/C13H15FN4/c1-3-16-13(10-4-6-15-8-11(10)14)12-5-7-17-9(2)18-12/h4-8,13,16H,3H2,1-2H3. The van der Waals surface area contributed by atoms with E-state index in [1.54, 1.807) is 24.5 Å². The number of hydrogen-bond acceptors (Lipinski definition) is 4. The summed E-state index contributed by atoms with van der Waals surface area (Å²) in [6.07, 6.45) is 4.48. The lowest BCUT2D eigenvalue weighted by Crippen LogP contribution is -2.24. The summed E-state index contributed by atoms with van der Waals surface area (Å²) in [5.41, 5.74) is 1.31. The van der Waals surface area contributed by atoms with E-state index in [0.717, 1.165) is 12.2 Å². The molecule has 0 bridgehead atoms. The summed E-state index contributed by atoms with van der Waals surface area (Å²) in [5.74, 6) is 0.338. The van der Waals surface area contributed by atoms with Gasteiger partial charge in [0.15, 0.2) is 0 Å². The molecule has 0 fully saturated rings. The van der Waals surface area contributed by atoms with Crippen molar-refractivity contribution in [2.24, 2.45) is 0 Å². The molecule has 0 aliphatic carbocycles. The second kappa shape index (κ2) is 5.64. The highest BCUT2D eigenvalue weighted by Crippen LogP contribution is 2.22. The van der Waals surface area contributed by atoms with Gasteiger partial charge in [-0.25, -0.2) is 14.4 Å². The van der Waals surface area contributed by atoms with Crippen molar-refractivity contribution in [1.82, 2.24) is 20.3 Å². The summed E-state index contributed by atoms with van der Waals surface area (Å²) in [6, 6.07) is 3.18. The zero-order chi connectivity index (χ0) is 13.0. The maximum absolute atomic E-state index is 13.8. The van der Waals surface area contributed by atoms with E-state index in [9.17, 15) is 4.39 Å². The molecule has 0 aliphatic rings. The fourth-order valence-corrected chi connectivity index (χ4v) is 1.83. The van der Waals surface area contributed by atoms with Gasteiger partial charge in [-0.3, -0.25) is 4.98 Å². The van der Waals surface area contributed by atoms with Gasteiger partial charge in [-0.2, -0.15) is 0 Å². The average Bonchev–Trinajstić information content (AvgIpc) is 2.37. The molecule has 2 heterocycles. The smallest absolute Gasteiger partial charge is 0.146 e. The number of pyridine rings is 1. The Morgan fingerprint density at radius 2 is 2.17 bits per heavy atom. The summed E-state index contributed by atoms with van der Waals surface area (Å²) < 4.78 is 13.8.